The molecule has 0 aliphatic carbocycles. The van der Waals surface area contributed by atoms with Crippen molar-refractivity contribution in [1.29, 1.82) is 0 Å². The van der Waals surface area contributed by atoms with Crippen LogP contribution in [-0.4, -0.2) is 24.3 Å². The Kier molecular flexibility index (Phi) is 7.37. The van der Waals surface area contributed by atoms with Crippen molar-refractivity contribution in [1.82, 2.24) is 4.98 Å². The van der Waals surface area contributed by atoms with E-state index < -0.39 is 10.0 Å². The van der Waals surface area contributed by atoms with Crippen LogP contribution >= 0.6 is 0 Å². The van der Waals surface area contributed by atoms with Crippen LogP contribution in [0.15, 0.2) is 93.8 Å². The lowest BCUT2D eigenvalue weighted by Gasteiger charge is -2.21. The summed E-state index contributed by atoms with van der Waals surface area (Å²) in [7, 11) is -3.78. The molecule has 3 aromatic carbocycles. The van der Waals surface area contributed by atoms with Gasteiger partial charge in [0, 0.05) is 29.7 Å². The zero-order chi connectivity index (χ0) is 26.7. The predicted molar refractivity (Wildman–Crippen MR) is 141 cm³/mol. The number of nitrogens with two attached hydrogens (primary N) is 1. The van der Waals surface area contributed by atoms with E-state index in [1.165, 1.54) is 30.5 Å². The summed E-state index contributed by atoms with van der Waals surface area (Å²) in [5, 5.41) is 18.6. The highest BCUT2D eigenvalue weighted by molar-refractivity contribution is 7.89. The van der Waals surface area contributed by atoms with E-state index in [1.807, 2.05) is 31.2 Å². The van der Waals surface area contributed by atoms with E-state index in [2.05, 4.69) is 10.1 Å². The van der Waals surface area contributed by atoms with E-state index >= 15 is 0 Å². The first-order chi connectivity index (χ1) is 17.6. The molecule has 0 radical (unpaired) electrons. The molecule has 0 saturated heterocycles. The number of hydrogen-bond acceptors (Lipinski definition) is 5. The third-order valence-electron chi connectivity index (χ3n) is 6.38. The Balaban J connectivity index is 1.72. The first kappa shape index (κ1) is 26.0. The molecule has 0 aliphatic rings. The fourth-order valence-electron chi connectivity index (χ4n) is 4.36. The Bertz CT molecular complexity index is 1630. The lowest BCUT2D eigenvalue weighted by Crippen LogP contribution is -2.15. The van der Waals surface area contributed by atoms with Crippen LogP contribution in [0.4, 0.5) is 4.39 Å². The van der Waals surface area contributed by atoms with E-state index in [4.69, 9.17) is 5.14 Å². The number of halogens is 1. The van der Waals surface area contributed by atoms with Crippen LogP contribution in [0.1, 0.15) is 40.2 Å². The molecule has 0 bridgehead atoms. The molecule has 0 saturated carbocycles. The summed E-state index contributed by atoms with van der Waals surface area (Å²) in [5.41, 5.74) is 5.43. The topological polar surface area (TPSA) is 126 Å². The number of oxime groups is 1. The van der Waals surface area contributed by atoms with Crippen LogP contribution in [0.5, 0.6) is 0 Å². The predicted octanol–water partition coefficient (Wildman–Crippen LogP) is 4.85. The summed E-state index contributed by atoms with van der Waals surface area (Å²) < 4.78 is 37.0. The molecule has 1 aromatic heterocycles. The summed E-state index contributed by atoms with van der Waals surface area (Å²) in [6, 6.07) is 20.2. The molecule has 7 nitrogen and oxygen atoms in total. The third-order valence-corrected chi connectivity index (χ3v) is 7.31. The van der Waals surface area contributed by atoms with Gasteiger partial charge in [0.1, 0.15) is 5.82 Å². The van der Waals surface area contributed by atoms with Gasteiger partial charge in [-0.2, -0.15) is 0 Å². The van der Waals surface area contributed by atoms with E-state index in [1.54, 1.807) is 31.2 Å². The van der Waals surface area contributed by atoms with Crippen LogP contribution < -0.4 is 10.7 Å². The summed E-state index contributed by atoms with van der Waals surface area (Å²) in [5.74, 6) is -0.622. The number of aromatic amines is 1. The van der Waals surface area contributed by atoms with Crippen LogP contribution in [0.2, 0.25) is 0 Å². The van der Waals surface area contributed by atoms with Crippen molar-refractivity contribution in [3.63, 3.8) is 0 Å². The second-order valence-electron chi connectivity index (χ2n) is 8.90. The summed E-state index contributed by atoms with van der Waals surface area (Å²) >= 11 is 0. The number of nitrogens with one attached hydrogen (secondary N) is 1. The van der Waals surface area contributed by atoms with Crippen LogP contribution in [-0.2, 0) is 10.0 Å². The van der Waals surface area contributed by atoms with Crippen molar-refractivity contribution >= 4 is 15.7 Å². The lowest BCUT2D eigenvalue weighted by molar-refractivity contribution is 0.317. The molecule has 1 atom stereocenters. The molecule has 4 rings (SSSR count). The zero-order valence-corrected chi connectivity index (χ0v) is 21.1. The number of sulfonamides is 1. The van der Waals surface area contributed by atoms with Crippen molar-refractivity contribution in [2.24, 2.45) is 10.3 Å². The Labute approximate surface area is 214 Å². The maximum atomic E-state index is 13.9. The molecular weight excluding hydrogens is 493 g/mol. The fourth-order valence-corrected chi connectivity index (χ4v) is 4.87. The average Bonchev–Trinajstić information content (AvgIpc) is 2.87. The molecule has 0 aliphatic heterocycles. The van der Waals surface area contributed by atoms with Crippen LogP contribution in [0, 0.1) is 19.7 Å². The highest BCUT2D eigenvalue weighted by atomic mass is 32.2. The molecule has 1 heterocycles. The number of hydrogen-bond donors (Lipinski definition) is 3. The van der Waals surface area contributed by atoms with Crippen LogP contribution in [0.3, 0.4) is 0 Å². The van der Waals surface area contributed by atoms with Crippen molar-refractivity contribution in [2.75, 3.05) is 0 Å². The molecule has 37 heavy (non-hydrogen) atoms. The minimum atomic E-state index is -3.78. The van der Waals surface area contributed by atoms with Gasteiger partial charge in [-0.05, 0) is 72.0 Å². The second kappa shape index (κ2) is 10.5. The number of rotatable bonds is 7. The minimum Gasteiger partial charge on any atom is -0.411 e. The van der Waals surface area contributed by atoms with E-state index in [0.717, 1.165) is 27.8 Å². The van der Waals surface area contributed by atoms with Crippen molar-refractivity contribution in [3.8, 4) is 11.1 Å². The molecule has 4 aromatic rings. The maximum absolute atomic E-state index is 13.9. The first-order valence-electron chi connectivity index (χ1n) is 11.5. The normalized spacial score (nSPS) is 12.9. The second-order valence-corrected chi connectivity index (χ2v) is 10.5. The molecule has 190 valence electrons. The highest BCUT2D eigenvalue weighted by Crippen LogP contribution is 2.33. The van der Waals surface area contributed by atoms with Gasteiger partial charge in [-0.3, -0.25) is 4.79 Å². The maximum Gasteiger partial charge on any atom is 0.250 e. The van der Waals surface area contributed by atoms with Crippen molar-refractivity contribution in [3.05, 3.63) is 123 Å². The number of aromatic nitrogens is 1. The molecule has 9 heteroatoms. The molecule has 1 unspecified atom stereocenters. The Hall–Kier alpha value is -4.08. The standard InChI is InChI=1S/C28H26FN3O4S/c1-17-14-23(29)9-12-25(17)26(15-27(32-34)22-13-18(2)28(33)31-16-22)21-5-3-19(4-6-21)20-7-10-24(11-8-20)37(30,35)36/h3-14,16,26,34H,15H2,1-2H3,(H,31,33)(H2,30,35,36)/b32-27+. The van der Waals surface area contributed by atoms with Gasteiger partial charge in [0.05, 0.1) is 10.6 Å². The van der Waals surface area contributed by atoms with E-state index in [9.17, 15) is 22.8 Å². The summed E-state index contributed by atoms with van der Waals surface area (Å²) in [6.45, 7) is 3.50. The smallest absolute Gasteiger partial charge is 0.250 e. The van der Waals surface area contributed by atoms with Gasteiger partial charge >= 0.3 is 0 Å². The van der Waals surface area contributed by atoms with Gasteiger partial charge in [-0.15, -0.1) is 0 Å². The Morgan fingerprint density at radius 3 is 2.14 bits per heavy atom. The van der Waals surface area contributed by atoms with E-state index in [0.29, 0.717) is 16.8 Å². The van der Waals surface area contributed by atoms with Gasteiger partial charge in [0.25, 0.3) is 5.56 Å². The van der Waals surface area contributed by atoms with Gasteiger partial charge in [-0.1, -0.05) is 47.6 Å². The minimum absolute atomic E-state index is 0.0352. The van der Waals surface area contributed by atoms with Crippen LogP contribution in [0.25, 0.3) is 11.1 Å². The quantitative estimate of drug-likeness (QED) is 0.183. The number of aryl methyl sites for hydroxylation is 2. The lowest BCUT2D eigenvalue weighted by atomic mass is 9.83. The molecule has 0 fully saturated rings. The largest absolute Gasteiger partial charge is 0.411 e. The molecule has 0 amide bonds. The first-order valence-corrected chi connectivity index (χ1v) is 13.0. The Morgan fingerprint density at radius 2 is 1.59 bits per heavy atom. The molecule has 0 spiro atoms. The third kappa shape index (κ3) is 5.84. The average molecular weight is 520 g/mol. The molecular formula is C28H26FN3O4S. The fraction of sp³-hybridized carbons (Fsp3) is 0.143. The number of benzene rings is 3. The monoisotopic (exact) mass is 519 g/mol. The van der Waals surface area contributed by atoms with Crippen molar-refractivity contribution in [2.45, 2.75) is 31.1 Å². The number of primary sulfonamides is 1. The van der Waals surface area contributed by atoms with Gasteiger partial charge in [0.15, 0.2) is 0 Å². The number of pyridine rings is 1. The number of H-pyrrole nitrogens is 1. The number of nitrogens with zero attached hydrogens (tertiary/aromatic N) is 1. The SMILES string of the molecule is Cc1cc(F)ccc1C(C/C(=N\O)c1c[nH]c(=O)c(C)c1)c1ccc(-c2ccc(S(N)(=O)=O)cc2)cc1. The van der Waals surface area contributed by atoms with Gasteiger partial charge in [-0.25, -0.2) is 17.9 Å². The highest BCUT2D eigenvalue weighted by Gasteiger charge is 2.21. The Morgan fingerprint density at radius 1 is 0.973 bits per heavy atom. The molecule has 4 N–H and O–H groups in total. The van der Waals surface area contributed by atoms with E-state index in [-0.39, 0.29) is 28.6 Å². The summed E-state index contributed by atoms with van der Waals surface area (Å²) in [4.78, 5) is 14.5. The van der Waals surface area contributed by atoms with Crippen molar-refractivity contribution < 1.29 is 18.0 Å². The zero-order valence-electron chi connectivity index (χ0n) is 20.3. The van der Waals surface area contributed by atoms with Gasteiger partial charge in [0.2, 0.25) is 10.0 Å². The summed E-state index contributed by atoms with van der Waals surface area (Å²) in [6.07, 6.45) is 1.80. The van der Waals surface area contributed by atoms with Gasteiger partial charge < -0.3 is 10.2 Å².